The Bertz CT molecular complexity index is 768. The van der Waals surface area contributed by atoms with E-state index in [0.29, 0.717) is 24.0 Å². The molecule has 2 rings (SSSR count). The molecular weight excluding hydrogens is 376 g/mol. The Kier molecular flexibility index (Phi) is 7.96. The van der Waals surface area contributed by atoms with Crippen molar-refractivity contribution >= 4 is 17.9 Å². The van der Waals surface area contributed by atoms with Crippen molar-refractivity contribution in [3.05, 3.63) is 47.1 Å². The minimum absolute atomic E-state index is 0.0600. The second-order valence-corrected chi connectivity index (χ2v) is 7.52. The molecule has 2 aliphatic rings. The van der Waals surface area contributed by atoms with Gasteiger partial charge >= 0.3 is 17.9 Å². The maximum absolute atomic E-state index is 12.0. The number of carbonyl (C=O) groups excluding carboxylic acids is 3. The van der Waals surface area contributed by atoms with Gasteiger partial charge in [-0.1, -0.05) is 24.3 Å². The highest BCUT2D eigenvalue weighted by Gasteiger charge is 2.40. The molecule has 1 aliphatic heterocycles. The summed E-state index contributed by atoms with van der Waals surface area (Å²) in [5, 5.41) is 10.7. The van der Waals surface area contributed by atoms with E-state index in [1.54, 1.807) is 19.9 Å². The number of hydrogen-bond donors (Lipinski definition) is 1. The fourth-order valence-electron chi connectivity index (χ4n) is 3.29. The van der Waals surface area contributed by atoms with Gasteiger partial charge in [-0.3, -0.25) is 4.79 Å². The van der Waals surface area contributed by atoms with Crippen molar-refractivity contribution in [1.29, 1.82) is 0 Å². The molecule has 0 saturated carbocycles. The van der Waals surface area contributed by atoms with Crippen LogP contribution < -0.4 is 0 Å². The lowest BCUT2D eigenvalue weighted by Crippen LogP contribution is -2.27. The lowest BCUT2D eigenvalue weighted by Gasteiger charge is -2.24. The first-order valence-electron chi connectivity index (χ1n) is 9.57. The Balaban J connectivity index is 2.23. The smallest absolute Gasteiger partial charge is 0.334 e. The molecule has 0 aromatic rings. The zero-order valence-electron chi connectivity index (χ0n) is 17.1. The van der Waals surface area contributed by atoms with E-state index in [1.165, 1.54) is 13.0 Å². The van der Waals surface area contributed by atoms with Crippen molar-refractivity contribution in [1.82, 2.24) is 0 Å². The minimum Gasteiger partial charge on any atom is -0.461 e. The Morgan fingerprint density at radius 1 is 1.24 bits per heavy atom. The highest BCUT2D eigenvalue weighted by molar-refractivity contribution is 5.90. The van der Waals surface area contributed by atoms with Gasteiger partial charge in [0.1, 0.15) is 19.3 Å². The van der Waals surface area contributed by atoms with Gasteiger partial charge in [0.05, 0.1) is 6.10 Å². The quantitative estimate of drug-likeness (QED) is 0.325. The average molecular weight is 404 g/mol. The molecule has 0 spiro atoms. The topological polar surface area (TPSA) is 99.1 Å². The van der Waals surface area contributed by atoms with Gasteiger partial charge in [-0.25, -0.2) is 9.59 Å². The minimum atomic E-state index is -0.906. The summed E-state index contributed by atoms with van der Waals surface area (Å²) in [5.41, 5.74) is 2.47. The van der Waals surface area contributed by atoms with Crippen molar-refractivity contribution in [2.75, 3.05) is 13.2 Å². The molecule has 7 nitrogen and oxygen atoms in total. The highest BCUT2D eigenvalue weighted by atomic mass is 16.6. The maximum atomic E-state index is 12.0. The third-order valence-corrected chi connectivity index (χ3v) is 4.82. The van der Waals surface area contributed by atoms with Crippen molar-refractivity contribution in [2.24, 2.45) is 5.92 Å². The van der Waals surface area contributed by atoms with Crippen LogP contribution in [0.3, 0.4) is 0 Å². The van der Waals surface area contributed by atoms with E-state index in [1.807, 2.05) is 6.08 Å². The van der Waals surface area contributed by atoms with Crippen molar-refractivity contribution in [2.45, 2.75) is 52.2 Å². The van der Waals surface area contributed by atoms with Crippen molar-refractivity contribution in [3.8, 4) is 0 Å². The molecule has 158 valence electrons. The number of carbonyl (C=O) groups is 3. The average Bonchev–Trinajstić information content (AvgIpc) is 2.88. The summed E-state index contributed by atoms with van der Waals surface area (Å²) in [5.74, 6) is -1.75. The Morgan fingerprint density at radius 3 is 2.62 bits per heavy atom. The third-order valence-electron chi connectivity index (χ3n) is 4.82. The molecule has 7 heteroatoms. The zero-order chi connectivity index (χ0) is 21.6. The van der Waals surface area contributed by atoms with Crippen molar-refractivity contribution < 1.29 is 33.7 Å². The zero-order valence-corrected chi connectivity index (χ0v) is 17.1. The van der Waals surface area contributed by atoms with Crippen LogP contribution in [-0.4, -0.2) is 48.4 Å². The van der Waals surface area contributed by atoms with Crippen LogP contribution in [0.4, 0.5) is 0 Å². The molecule has 0 unspecified atom stereocenters. The number of ether oxygens (including phenoxy) is 3. The van der Waals surface area contributed by atoms with Gasteiger partial charge in [0, 0.05) is 30.9 Å². The van der Waals surface area contributed by atoms with E-state index in [9.17, 15) is 19.5 Å². The standard InChI is InChI=1S/C22H28O7/c1-13(2)8-21(25)28-12-17-7-5-6-16(11-27-15(4)23)9-20-18(10-19(17)24)14(3)22(26)29-20/h6-8,18-20,24H,3,5,9-12H2,1-2,4H3/b16-6-,17-7-/t18-,19-,20+/m1/s1. The summed E-state index contributed by atoms with van der Waals surface area (Å²) in [6, 6.07) is 0. The second-order valence-electron chi connectivity index (χ2n) is 7.52. The number of aliphatic hydroxyl groups is 1. The monoisotopic (exact) mass is 404 g/mol. The molecule has 1 saturated heterocycles. The molecule has 29 heavy (non-hydrogen) atoms. The van der Waals surface area contributed by atoms with E-state index in [2.05, 4.69) is 6.58 Å². The van der Waals surface area contributed by atoms with Crippen LogP contribution in [0.5, 0.6) is 0 Å². The molecule has 1 aliphatic carbocycles. The number of hydrogen-bond acceptors (Lipinski definition) is 7. The van der Waals surface area contributed by atoms with Crippen LogP contribution in [-0.2, 0) is 28.6 Å². The van der Waals surface area contributed by atoms with Gasteiger partial charge in [0.2, 0.25) is 0 Å². The Labute approximate surface area is 170 Å². The number of esters is 3. The van der Waals surface area contributed by atoms with Crippen molar-refractivity contribution in [3.63, 3.8) is 0 Å². The summed E-state index contributed by atoms with van der Waals surface area (Å²) in [6.45, 7) is 8.76. The molecule has 0 radical (unpaired) electrons. The van der Waals surface area contributed by atoms with Gasteiger partial charge in [0.25, 0.3) is 0 Å². The molecule has 1 fully saturated rings. The summed E-state index contributed by atoms with van der Waals surface area (Å²) < 4.78 is 15.8. The van der Waals surface area contributed by atoms with Crippen LogP contribution in [0.25, 0.3) is 0 Å². The first kappa shape index (κ1) is 22.6. The highest BCUT2D eigenvalue weighted by Crippen LogP contribution is 2.36. The fraction of sp³-hybridized carbons (Fsp3) is 0.500. The predicted octanol–water partition coefficient (Wildman–Crippen LogP) is 2.55. The Morgan fingerprint density at radius 2 is 1.97 bits per heavy atom. The van der Waals surface area contributed by atoms with E-state index >= 15 is 0 Å². The molecule has 0 bridgehead atoms. The Hall–Kier alpha value is -2.67. The second kappa shape index (κ2) is 10.2. The van der Waals surface area contributed by atoms with Gasteiger partial charge < -0.3 is 19.3 Å². The molecule has 0 aromatic carbocycles. The normalized spacial score (nSPS) is 28.1. The summed E-state index contributed by atoms with van der Waals surface area (Å²) in [4.78, 5) is 35.0. The fourth-order valence-corrected chi connectivity index (χ4v) is 3.29. The molecule has 1 N–H and O–H groups in total. The van der Waals surface area contributed by atoms with E-state index in [4.69, 9.17) is 14.2 Å². The first-order chi connectivity index (χ1) is 13.7. The third kappa shape index (κ3) is 6.71. The van der Waals surface area contributed by atoms with Gasteiger partial charge in [0.15, 0.2) is 0 Å². The molecule has 0 amide bonds. The molecule has 1 heterocycles. The van der Waals surface area contributed by atoms with Gasteiger partial charge in [-0.15, -0.1) is 0 Å². The van der Waals surface area contributed by atoms with E-state index in [-0.39, 0.29) is 25.6 Å². The molecule has 0 aromatic heterocycles. The number of rotatable bonds is 5. The first-order valence-corrected chi connectivity index (χ1v) is 9.57. The van der Waals surface area contributed by atoms with Crippen LogP contribution in [0.1, 0.15) is 40.0 Å². The summed E-state index contributed by atoms with van der Waals surface area (Å²) >= 11 is 0. The lowest BCUT2D eigenvalue weighted by molar-refractivity contribution is -0.141. The number of aliphatic hydroxyl groups excluding tert-OH is 1. The summed E-state index contributed by atoms with van der Waals surface area (Å²) in [6.07, 6.45) is 4.72. The SMILES string of the molecule is C=C1C(=O)O[C@H]2C/C(COC(C)=O)=C/C/C=C(/COC(=O)C=C(C)C)[C@H](O)C[C@H]12. The largest absolute Gasteiger partial charge is 0.461 e. The summed E-state index contributed by atoms with van der Waals surface area (Å²) in [7, 11) is 0. The number of allylic oxidation sites excluding steroid dienone is 3. The van der Waals surface area contributed by atoms with E-state index in [0.717, 1.165) is 11.1 Å². The maximum Gasteiger partial charge on any atom is 0.334 e. The lowest BCUT2D eigenvalue weighted by atomic mass is 9.85. The molecular formula is C22H28O7. The number of fused-ring (bicyclic) bond motifs is 1. The molecule has 3 atom stereocenters. The van der Waals surface area contributed by atoms with Crippen LogP contribution in [0.2, 0.25) is 0 Å². The van der Waals surface area contributed by atoms with Gasteiger partial charge in [-0.2, -0.15) is 0 Å². The van der Waals surface area contributed by atoms with Gasteiger partial charge in [-0.05, 0) is 37.8 Å². The van der Waals surface area contributed by atoms with Crippen LogP contribution in [0, 0.1) is 5.92 Å². The van der Waals surface area contributed by atoms with Crippen LogP contribution >= 0.6 is 0 Å². The van der Waals surface area contributed by atoms with E-state index < -0.39 is 30.1 Å². The predicted molar refractivity (Wildman–Crippen MR) is 106 cm³/mol. The van der Waals surface area contributed by atoms with Crippen LogP contribution in [0.15, 0.2) is 47.1 Å².